The van der Waals surface area contributed by atoms with Crippen LogP contribution >= 0.6 is 0 Å². The van der Waals surface area contributed by atoms with Gasteiger partial charge in [0.25, 0.3) is 0 Å². The molecular weight excluding hydrogens is 322 g/mol. The number of terminal acetylenes is 1. The summed E-state index contributed by atoms with van der Waals surface area (Å²) in [6.45, 7) is 0.549. The van der Waals surface area contributed by atoms with Crippen molar-refractivity contribution in [2.24, 2.45) is 5.73 Å². The van der Waals surface area contributed by atoms with Gasteiger partial charge in [-0.25, -0.2) is 4.79 Å². The summed E-state index contributed by atoms with van der Waals surface area (Å²) in [5.74, 6) is 1.14. The molecule has 0 radical (unpaired) electrons. The summed E-state index contributed by atoms with van der Waals surface area (Å²) in [6, 6.07) is 7.63. The summed E-state index contributed by atoms with van der Waals surface area (Å²) >= 11 is 0. The van der Waals surface area contributed by atoms with Crippen molar-refractivity contribution in [2.75, 3.05) is 6.54 Å². The monoisotopic (exact) mass is 343 g/mol. The van der Waals surface area contributed by atoms with Crippen LogP contribution < -0.4 is 11.1 Å². The van der Waals surface area contributed by atoms with Crippen LogP contribution in [-0.4, -0.2) is 41.4 Å². The van der Waals surface area contributed by atoms with Crippen LogP contribution in [0.4, 0.5) is 4.79 Å². The third kappa shape index (κ3) is 4.98. The van der Waals surface area contributed by atoms with E-state index in [2.05, 4.69) is 11.2 Å². The lowest BCUT2D eigenvalue weighted by atomic mass is 10.1. The van der Waals surface area contributed by atoms with Crippen molar-refractivity contribution in [2.45, 2.75) is 38.0 Å². The van der Waals surface area contributed by atoms with Crippen LogP contribution in [0.1, 0.15) is 24.8 Å². The van der Waals surface area contributed by atoms with Gasteiger partial charge in [0.2, 0.25) is 11.8 Å². The molecule has 25 heavy (non-hydrogen) atoms. The first-order chi connectivity index (χ1) is 12.0. The summed E-state index contributed by atoms with van der Waals surface area (Å²) in [4.78, 5) is 37.4. The van der Waals surface area contributed by atoms with Crippen molar-refractivity contribution in [1.29, 1.82) is 0 Å². The Hall–Kier alpha value is -3.01. The van der Waals surface area contributed by atoms with E-state index in [1.807, 2.05) is 30.3 Å². The Morgan fingerprint density at radius 3 is 2.72 bits per heavy atom. The molecule has 1 aliphatic rings. The molecule has 0 aliphatic carbocycles. The quantitative estimate of drug-likeness (QED) is 0.745. The van der Waals surface area contributed by atoms with Crippen molar-refractivity contribution >= 4 is 17.9 Å². The first-order valence-corrected chi connectivity index (χ1v) is 8.03. The molecule has 0 bridgehead atoms. The number of rotatable bonds is 6. The number of benzene rings is 1. The summed E-state index contributed by atoms with van der Waals surface area (Å²) < 4.78 is 5.28. The highest BCUT2D eigenvalue weighted by molar-refractivity contribution is 5.91. The molecule has 0 unspecified atom stereocenters. The number of hydrogen-bond donors (Lipinski definition) is 2. The maximum Gasteiger partial charge on any atom is 0.410 e. The van der Waals surface area contributed by atoms with Gasteiger partial charge in [0, 0.05) is 13.0 Å². The molecule has 1 heterocycles. The van der Waals surface area contributed by atoms with Gasteiger partial charge in [0.1, 0.15) is 18.7 Å². The van der Waals surface area contributed by atoms with Gasteiger partial charge in [0.15, 0.2) is 0 Å². The highest BCUT2D eigenvalue weighted by Crippen LogP contribution is 2.19. The number of ether oxygens (including phenoxy) is 1. The number of nitrogens with zero attached hydrogens (tertiary/aromatic N) is 1. The minimum Gasteiger partial charge on any atom is -0.445 e. The van der Waals surface area contributed by atoms with Gasteiger partial charge in [-0.05, 0) is 18.4 Å². The summed E-state index contributed by atoms with van der Waals surface area (Å²) in [5, 5.41) is 2.51. The van der Waals surface area contributed by atoms with E-state index >= 15 is 0 Å². The fourth-order valence-corrected chi connectivity index (χ4v) is 2.67. The molecule has 0 spiro atoms. The van der Waals surface area contributed by atoms with E-state index in [0.717, 1.165) is 5.56 Å². The molecule has 3 N–H and O–H groups in total. The summed E-state index contributed by atoms with van der Waals surface area (Å²) in [7, 11) is 0. The minimum atomic E-state index is -0.944. The number of likely N-dealkylation sites (tertiary alicyclic amines) is 1. The van der Waals surface area contributed by atoms with Crippen LogP contribution in [0.2, 0.25) is 0 Å². The van der Waals surface area contributed by atoms with Gasteiger partial charge in [-0.3, -0.25) is 14.5 Å². The highest BCUT2D eigenvalue weighted by atomic mass is 16.6. The van der Waals surface area contributed by atoms with E-state index < -0.39 is 30.0 Å². The predicted molar refractivity (Wildman–Crippen MR) is 90.9 cm³/mol. The third-order valence-electron chi connectivity index (χ3n) is 3.98. The lowest BCUT2D eigenvalue weighted by molar-refractivity contribution is -0.129. The zero-order valence-electron chi connectivity index (χ0n) is 13.8. The smallest absolute Gasteiger partial charge is 0.410 e. The highest BCUT2D eigenvalue weighted by Gasteiger charge is 2.36. The standard InChI is InChI=1S/C18H21N3O4/c1-2-7-14(16(19)22)20-17(23)15-10-6-11-21(15)18(24)25-12-13-8-4-3-5-9-13/h1,3-5,8-9,14-15H,6-7,10-12H2,(H2,19,22)(H,20,23)/t14-,15-/m1/s1. The lowest BCUT2D eigenvalue weighted by Crippen LogP contribution is -2.52. The Morgan fingerprint density at radius 1 is 1.36 bits per heavy atom. The van der Waals surface area contributed by atoms with E-state index in [1.54, 1.807) is 0 Å². The Balaban J connectivity index is 1.94. The SMILES string of the molecule is C#CC[C@@H](NC(=O)[C@H]1CCCN1C(=O)OCc1ccccc1)C(N)=O. The summed E-state index contributed by atoms with van der Waals surface area (Å²) in [5.41, 5.74) is 6.08. The molecule has 132 valence electrons. The molecule has 7 nitrogen and oxygen atoms in total. The Morgan fingerprint density at radius 2 is 2.08 bits per heavy atom. The topological polar surface area (TPSA) is 102 Å². The molecule has 1 aliphatic heterocycles. The van der Waals surface area contributed by atoms with E-state index in [4.69, 9.17) is 16.9 Å². The van der Waals surface area contributed by atoms with Gasteiger partial charge < -0.3 is 15.8 Å². The summed E-state index contributed by atoms with van der Waals surface area (Å²) in [6.07, 6.45) is 5.79. The molecule has 2 atom stereocenters. The first-order valence-electron chi connectivity index (χ1n) is 8.03. The molecule has 1 aromatic carbocycles. The van der Waals surface area contributed by atoms with E-state index in [0.29, 0.717) is 19.4 Å². The van der Waals surface area contributed by atoms with Crippen LogP contribution in [0.15, 0.2) is 30.3 Å². The van der Waals surface area contributed by atoms with E-state index in [9.17, 15) is 14.4 Å². The molecule has 0 saturated carbocycles. The molecule has 3 amide bonds. The molecular formula is C18H21N3O4. The number of carbonyl (C=O) groups excluding carboxylic acids is 3. The lowest BCUT2D eigenvalue weighted by Gasteiger charge is -2.24. The first kappa shape index (κ1) is 18.3. The fourth-order valence-electron chi connectivity index (χ4n) is 2.67. The maximum atomic E-state index is 12.4. The van der Waals surface area contributed by atoms with Gasteiger partial charge in [-0.15, -0.1) is 12.3 Å². The Bertz CT molecular complexity index is 669. The number of carbonyl (C=O) groups is 3. The van der Waals surface area contributed by atoms with E-state index in [-0.39, 0.29) is 13.0 Å². The Kier molecular flexibility index (Phi) is 6.40. The number of nitrogens with one attached hydrogen (secondary N) is 1. The number of nitrogens with two attached hydrogens (primary N) is 1. The van der Waals surface area contributed by atoms with Gasteiger partial charge in [-0.1, -0.05) is 30.3 Å². The third-order valence-corrected chi connectivity index (χ3v) is 3.98. The van der Waals surface area contributed by atoms with Crippen molar-refractivity contribution < 1.29 is 19.1 Å². The molecule has 1 aromatic rings. The number of primary amides is 1. The van der Waals surface area contributed by atoms with Crippen LogP contribution in [0.3, 0.4) is 0 Å². The normalized spacial score (nSPS) is 17.4. The number of hydrogen-bond acceptors (Lipinski definition) is 4. The second-order valence-corrected chi connectivity index (χ2v) is 5.76. The van der Waals surface area contributed by atoms with Gasteiger partial charge >= 0.3 is 6.09 Å². The zero-order chi connectivity index (χ0) is 18.2. The van der Waals surface area contributed by atoms with Gasteiger partial charge in [0.05, 0.1) is 0 Å². The van der Waals surface area contributed by atoms with Crippen LogP contribution in [0.5, 0.6) is 0 Å². The van der Waals surface area contributed by atoms with Crippen LogP contribution in [-0.2, 0) is 20.9 Å². The molecule has 7 heteroatoms. The molecule has 1 fully saturated rings. The Labute approximate surface area is 146 Å². The predicted octanol–water partition coefficient (Wildman–Crippen LogP) is 0.781. The van der Waals surface area contributed by atoms with Crippen molar-refractivity contribution in [3.63, 3.8) is 0 Å². The van der Waals surface area contributed by atoms with E-state index in [1.165, 1.54) is 4.90 Å². The second-order valence-electron chi connectivity index (χ2n) is 5.76. The van der Waals surface area contributed by atoms with Crippen molar-refractivity contribution in [3.05, 3.63) is 35.9 Å². The molecule has 0 aromatic heterocycles. The second kappa shape index (κ2) is 8.73. The fraction of sp³-hybridized carbons (Fsp3) is 0.389. The number of amides is 3. The minimum absolute atomic E-state index is 0.00620. The molecule has 2 rings (SSSR count). The average molecular weight is 343 g/mol. The average Bonchev–Trinajstić information content (AvgIpc) is 3.10. The van der Waals surface area contributed by atoms with Crippen molar-refractivity contribution in [3.8, 4) is 12.3 Å². The van der Waals surface area contributed by atoms with Crippen LogP contribution in [0.25, 0.3) is 0 Å². The largest absolute Gasteiger partial charge is 0.445 e. The van der Waals surface area contributed by atoms with Gasteiger partial charge in [-0.2, -0.15) is 0 Å². The maximum absolute atomic E-state index is 12.4. The zero-order valence-corrected chi connectivity index (χ0v) is 13.8. The van der Waals surface area contributed by atoms with Crippen LogP contribution in [0, 0.1) is 12.3 Å². The molecule has 1 saturated heterocycles. The van der Waals surface area contributed by atoms with Crippen molar-refractivity contribution in [1.82, 2.24) is 10.2 Å².